The first-order chi connectivity index (χ1) is 4.16. The van der Waals surface area contributed by atoms with Crippen molar-refractivity contribution in [2.24, 2.45) is 0 Å². The van der Waals surface area contributed by atoms with Crippen molar-refractivity contribution in [1.29, 1.82) is 0 Å². The third-order valence-electron chi connectivity index (χ3n) is 0.568. The lowest BCUT2D eigenvalue weighted by molar-refractivity contribution is -0.119. The Morgan fingerprint density at radius 3 is 2.44 bits per heavy atom. The summed E-state index contributed by atoms with van der Waals surface area (Å²) in [5.41, 5.74) is 0. The second-order valence-corrected chi connectivity index (χ2v) is 2.37. The van der Waals surface area contributed by atoms with Gasteiger partial charge in [-0.25, -0.2) is 4.79 Å². The summed E-state index contributed by atoms with van der Waals surface area (Å²) in [7, 11) is 0. The molecular weight excluding hydrogens is 237 g/mol. The van der Waals surface area contributed by atoms with E-state index >= 15 is 0 Å². The van der Waals surface area contributed by atoms with E-state index in [1.54, 1.807) is 5.32 Å². The van der Waals surface area contributed by atoms with Crippen LogP contribution in [0.1, 0.15) is 6.42 Å². The van der Waals surface area contributed by atoms with Crippen LogP contribution in [0.3, 0.4) is 0 Å². The van der Waals surface area contributed by atoms with Crippen LogP contribution in [-0.2, 0) is 4.79 Å². The van der Waals surface area contributed by atoms with Gasteiger partial charge in [-0.2, -0.15) is 0 Å². The van der Waals surface area contributed by atoms with Crippen LogP contribution in [0.4, 0.5) is 4.79 Å². The molecule has 2 amide bonds. The van der Waals surface area contributed by atoms with E-state index in [4.69, 9.17) is 5.11 Å². The summed E-state index contributed by atoms with van der Waals surface area (Å²) in [6, 6.07) is 0. The Balaban J connectivity index is 3.39. The lowest BCUT2D eigenvalue weighted by Crippen LogP contribution is -2.28. The molecule has 0 aliphatic heterocycles. The first-order valence-electron chi connectivity index (χ1n) is 2.25. The lowest BCUT2D eigenvalue weighted by atomic mass is 10.5. The summed E-state index contributed by atoms with van der Waals surface area (Å²) in [6.45, 7) is 0. The van der Waals surface area contributed by atoms with Crippen LogP contribution >= 0.6 is 22.6 Å². The van der Waals surface area contributed by atoms with Crippen LogP contribution in [0.2, 0.25) is 0 Å². The Bertz CT molecular complexity index is 125. The Labute approximate surface area is 65.8 Å². The van der Waals surface area contributed by atoms with Crippen LogP contribution in [0.25, 0.3) is 0 Å². The first kappa shape index (κ1) is 8.67. The third-order valence-corrected chi connectivity index (χ3v) is 1.11. The summed E-state index contributed by atoms with van der Waals surface area (Å²) in [5, 5.41) is 9.69. The van der Waals surface area contributed by atoms with Gasteiger partial charge in [0.15, 0.2) is 0 Å². The number of hydrogen-bond donors (Lipinski definition) is 2. The number of carbonyl (C=O) groups excluding carboxylic acids is 1. The minimum atomic E-state index is -1.29. The highest BCUT2D eigenvalue weighted by molar-refractivity contribution is 14.1. The lowest BCUT2D eigenvalue weighted by Gasteiger charge is -1.93. The van der Waals surface area contributed by atoms with Gasteiger partial charge in [0.05, 0.1) is 0 Å². The molecule has 5 heteroatoms. The van der Waals surface area contributed by atoms with Crippen LogP contribution in [0.5, 0.6) is 0 Å². The maximum Gasteiger partial charge on any atom is 0.411 e. The van der Waals surface area contributed by atoms with Crippen molar-refractivity contribution in [2.45, 2.75) is 6.42 Å². The molecule has 52 valence electrons. The average Bonchev–Trinajstić information content (AvgIpc) is 1.63. The Morgan fingerprint density at radius 1 is 1.56 bits per heavy atom. The van der Waals surface area contributed by atoms with Gasteiger partial charge in [0.25, 0.3) is 0 Å². The van der Waals surface area contributed by atoms with Crippen molar-refractivity contribution in [2.75, 3.05) is 4.43 Å². The summed E-state index contributed by atoms with van der Waals surface area (Å²) in [6.07, 6.45) is -1.03. The van der Waals surface area contributed by atoms with Crippen molar-refractivity contribution in [1.82, 2.24) is 5.32 Å². The highest BCUT2D eigenvalue weighted by atomic mass is 127. The van der Waals surface area contributed by atoms with E-state index in [1.165, 1.54) is 0 Å². The molecule has 0 bridgehead atoms. The van der Waals surface area contributed by atoms with E-state index in [1.807, 2.05) is 22.6 Å². The third kappa shape index (κ3) is 5.54. The predicted octanol–water partition coefficient (Wildman–Crippen LogP) is 0.606. The normalized spacial score (nSPS) is 8.56. The first-order valence-corrected chi connectivity index (χ1v) is 3.78. The minimum absolute atomic E-state index is 0.257. The van der Waals surface area contributed by atoms with Gasteiger partial charge >= 0.3 is 6.09 Å². The van der Waals surface area contributed by atoms with E-state index in [2.05, 4.69) is 0 Å². The Kier molecular flexibility index (Phi) is 4.37. The molecular formula is C4H6INO3. The number of carboxylic acid groups (broad SMARTS) is 1. The molecule has 0 aliphatic rings. The number of hydrogen-bond acceptors (Lipinski definition) is 2. The van der Waals surface area contributed by atoms with Crippen LogP contribution < -0.4 is 5.32 Å². The number of alkyl halides is 1. The van der Waals surface area contributed by atoms with Gasteiger partial charge in [0.2, 0.25) is 5.91 Å². The molecule has 0 heterocycles. The highest BCUT2D eigenvalue weighted by Crippen LogP contribution is 1.86. The van der Waals surface area contributed by atoms with Gasteiger partial charge < -0.3 is 5.11 Å². The fourth-order valence-electron chi connectivity index (χ4n) is 0.268. The van der Waals surface area contributed by atoms with Crippen LogP contribution in [0, 0.1) is 0 Å². The molecule has 0 aromatic rings. The van der Waals surface area contributed by atoms with Gasteiger partial charge in [-0.1, -0.05) is 22.6 Å². The smallest absolute Gasteiger partial charge is 0.411 e. The number of imide groups is 1. The van der Waals surface area contributed by atoms with Gasteiger partial charge in [-0.15, -0.1) is 0 Å². The molecule has 0 unspecified atom stereocenters. The van der Waals surface area contributed by atoms with Crippen molar-refractivity contribution in [3.63, 3.8) is 0 Å². The molecule has 0 fully saturated rings. The fraction of sp³-hybridized carbons (Fsp3) is 0.500. The maximum absolute atomic E-state index is 10.4. The SMILES string of the molecule is O=C(O)NC(=O)CCI. The fourth-order valence-corrected chi connectivity index (χ4v) is 0.757. The molecule has 9 heavy (non-hydrogen) atoms. The van der Waals surface area contributed by atoms with Gasteiger partial charge in [-0.05, 0) is 0 Å². The molecule has 0 saturated carbocycles. The van der Waals surface area contributed by atoms with Crippen molar-refractivity contribution < 1.29 is 14.7 Å². The highest BCUT2D eigenvalue weighted by Gasteiger charge is 2.01. The molecule has 2 N–H and O–H groups in total. The average molecular weight is 243 g/mol. The molecule has 0 aromatic heterocycles. The summed E-state index contributed by atoms with van der Waals surface area (Å²) < 4.78 is 0.636. The zero-order valence-corrected chi connectivity index (χ0v) is 6.71. The number of carbonyl (C=O) groups is 2. The number of halogens is 1. The van der Waals surface area contributed by atoms with E-state index in [0.717, 1.165) is 0 Å². The predicted molar refractivity (Wildman–Crippen MR) is 39.7 cm³/mol. The van der Waals surface area contributed by atoms with Gasteiger partial charge in [0, 0.05) is 10.8 Å². The molecule has 0 aliphatic carbocycles. The summed E-state index contributed by atoms with van der Waals surface area (Å²) >= 11 is 2.00. The van der Waals surface area contributed by atoms with Crippen LogP contribution in [-0.4, -0.2) is 21.5 Å². The molecule has 0 saturated heterocycles. The Morgan fingerprint density at radius 2 is 2.11 bits per heavy atom. The van der Waals surface area contributed by atoms with E-state index < -0.39 is 12.0 Å². The quantitative estimate of drug-likeness (QED) is 0.551. The van der Waals surface area contributed by atoms with Crippen molar-refractivity contribution in [3.8, 4) is 0 Å². The number of amides is 2. The topological polar surface area (TPSA) is 66.4 Å². The second-order valence-electron chi connectivity index (χ2n) is 1.29. The van der Waals surface area contributed by atoms with Crippen molar-refractivity contribution in [3.05, 3.63) is 0 Å². The van der Waals surface area contributed by atoms with E-state index in [0.29, 0.717) is 4.43 Å². The zero-order valence-electron chi connectivity index (χ0n) is 4.56. The molecule has 0 aromatic carbocycles. The van der Waals surface area contributed by atoms with Crippen LogP contribution in [0.15, 0.2) is 0 Å². The monoisotopic (exact) mass is 243 g/mol. The largest absolute Gasteiger partial charge is 0.465 e. The van der Waals surface area contributed by atoms with Crippen molar-refractivity contribution >= 4 is 34.6 Å². The zero-order chi connectivity index (χ0) is 7.28. The van der Waals surface area contributed by atoms with E-state index in [-0.39, 0.29) is 6.42 Å². The van der Waals surface area contributed by atoms with Gasteiger partial charge in [0.1, 0.15) is 0 Å². The summed E-state index contributed by atoms with van der Waals surface area (Å²) in [5.74, 6) is -0.447. The number of nitrogens with one attached hydrogen (secondary N) is 1. The minimum Gasteiger partial charge on any atom is -0.465 e. The maximum atomic E-state index is 10.4. The molecule has 0 radical (unpaired) electrons. The molecule has 0 atom stereocenters. The standard InChI is InChI=1S/C4H6INO3/c5-2-1-3(7)6-4(8)9/h1-2H2,(H,6,7)(H,8,9). The number of rotatable bonds is 2. The summed E-state index contributed by atoms with van der Waals surface area (Å²) in [4.78, 5) is 20.1. The second kappa shape index (κ2) is 4.54. The molecule has 4 nitrogen and oxygen atoms in total. The van der Waals surface area contributed by atoms with Gasteiger partial charge in [-0.3, -0.25) is 10.1 Å². The Hall–Kier alpha value is -0.330. The van der Waals surface area contributed by atoms with E-state index in [9.17, 15) is 9.59 Å². The molecule has 0 spiro atoms. The molecule has 0 rings (SSSR count).